The average molecular weight is 436 g/mol. The Morgan fingerprint density at radius 3 is 2.47 bits per heavy atom. The van der Waals surface area contributed by atoms with Crippen LogP contribution in [0.3, 0.4) is 0 Å². The molecule has 0 aliphatic carbocycles. The molecule has 3 heterocycles. The standard InChI is InChI=1S/C23H21FN4O4/c24-17-2-4-18(5-3-17)26-9-11-27(12-10-26)23(30)14-28-22(29)8-6-19(25-28)16-1-7-20-21(13-16)32-15-31-20/h1-8,13H,9-12,14-15H2. The summed E-state index contributed by atoms with van der Waals surface area (Å²) < 4.78 is 25.1. The number of nitrogens with zero attached hydrogens (tertiary/aromatic N) is 4. The zero-order chi connectivity index (χ0) is 22.1. The Labute approximate surface area is 183 Å². The average Bonchev–Trinajstić information content (AvgIpc) is 3.29. The Bertz CT molecular complexity index is 1200. The number of piperazine rings is 1. The van der Waals surface area contributed by atoms with E-state index in [0.717, 1.165) is 11.3 Å². The van der Waals surface area contributed by atoms with Gasteiger partial charge in [-0.15, -0.1) is 0 Å². The van der Waals surface area contributed by atoms with E-state index in [0.29, 0.717) is 43.4 Å². The molecule has 5 rings (SSSR count). The molecule has 0 atom stereocenters. The lowest BCUT2D eigenvalue weighted by molar-refractivity contribution is -0.132. The third-order valence-corrected chi connectivity index (χ3v) is 5.64. The zero-order valence-electron chi connectivity index (χ0n) is 17.2. The number of hydrogen-bond acceptors (Lipinski definition) is 6. The van der Waals surface area contributed by atoms with Crippen molar-refractivity contribution in [2.75, 3.05) is 37.9 Å². The molecule has 2 aliphatic heterocycles. The lowest BCUT2D eigenvalue weighted by atomic mass is 10.1. The van der Waals surface area contributed by atoms with Crippen LogP contribution in [0.2, 0.25) is 0 Å². The molecular weight excluding hydrogens is 415 g/mol. The minimum Gasteiger partial charge on any atom is -0.454 e. The quantitative estimate of drug-likeness (QED) is 0.624. The van der Waals surface area contributed by atoms with Gasteiger partial charge in [0.15, 0.2) is 11.5 Å². The molecule has 2 aliphatic rings. The van der Waals surface area contributed by atoms with Crippen LogP contribution < -0.4 is 19.9 Å². The fourth-order valence-electron chi connectivity index (χ4n) is 3.87. The minimum absolute atomic E-state index is 0.131. The molecule has 1 saturated heterocycles. The molecule has 0 N–H and O–H groups in total. The van der Waals surface area contributed by atoms with Gasteiger partial charge in [0.1, 0.15) is 12.4 Å². The van der Waals surface area contributed by atoms with Crippen molar-refractivity contribution in [2.24, 2.45) is 0 Å². The van der Waals surface area contributed by atoms with Crippen molar-refractivity contribution in [3.8, 4) is 22.8 Å². The van der Waals surface area contributed by atoms with Crippen molar-refractivity contribution < 1.29 is 18.7 Å². The maximum Gasteiger partial charge on any atom is 0.267 e. The van der Waals surface area contributed by atoms with Gasteiger partial charge in [-0.25, -0.2) is 9.07 Å². The SMILES string of the molecule is O=C(Cn1nc(-c2ccc3c(c2)OCO3)ccc1=O)N1CCN(c2ccc(F)cc2)CC1. The molecule has 0 bridgehead atoms. The summed E-state index contributed by atoms with van der Waals surface area (Å²) in [6, 6.07) is 14.8. The Morgan fingerprint density at radius 1 is 0.938 bits per heavy atom. The Morgan fingerprint density at radius 2 is 1.69 bits per heavy atom. The lowest BCUT2D eigenvalue weighted by Crippen LogP contribution is -2.50. The highest BCUT2D eigenvalue weighted by atomic mass is 19.1. The predicted octanol–water partition coefficient (Wildman–Crippen LogP) is 2.13. The molecular formula is C23H21FN4O4. The topological polar surface area (TPSA) is 76.9 Å². The number of halogens is 1. The maximum absolute atomic E-state index is 13.1. The van der Waals surface area contributed by atoms with Crippen LogP contribution >= 0.6 is 0 Å². The largest absolute Gasteiger partial charge is 0.454 e. The van der Waals surface area contributed by atoms with Gasteiger partial charge in [0.25, 0.3) is 5.56 Å². The summed E-state index contributed by atoms with van der Waals surface area (Å²) in [6.45, 7) is 2.36. The second-order valence-corrected chi connectivity index (χ2v) is 7.63. The van der Waals surface area contributed by atoms with Crippen molar-refractivity contribution >= 4 is 11.6 Å². The molecule has 32 heavy (non-hydrogen) atoms. The van der Waals surface area contributed by atoms with Crippen molar-refractivity contribution in [1.29, 1.82) is 0 Å². The van der Waals surface area contributed by atoms with E-state index in [1.165, 1.54) is 22.9 Å². The number of rotatable bonds is 4. The fourth-order valence-corrected chi connectivity index (χ4v) is 3.87. The number of ether oxygens (including phenoxy) is 2. The van der Waals surface area contributed by atoms with Crippen molar-refractivity contribution in [3.63, 3.8) is 0 Å². The smallest absolute Gasteiger partial charge is 0.267 e. The summed E-state index contributed by atoms with van der Waals surface area (Å²) >= 11 is 0. The summed E-state index contributed by atoms with van der Waals surface area (Å²) in [7, 11) is 0. The van der Waals surface area contributed by atoms with Gasteiger partial charge in [0.2, 0.25) is 12.7 Å². The lowest BCUT2D eigenvalue weighted by Gasteiger charge is -2.36. The molecule has 0 unspecified atom stereocenters. The van der Waals surface area contributed by atoms with Gasteiger partial charge in [0, 0.05) is 43.5 Å². The second-order valence-electron chi connectivity index (χ2n) is 7.63. The van der Waals surface area contributed by atoms with Crippen molar-refractivity contribution in [3.05, 3.63) is 70.8 Å². The molecule has 164 valence electrons. The van der Waals surface area contributed by atoms with E-state index in [2.05, 4.69) is 10.00 Å². The van der Waals surface area contributed by atoms with Gasteiger partial charge >= 0.3 is 0 Å². The van der Waals surface area contributed by atoms with E-state index in [1.807, 2.05) is 6.07 Å². The number of carbonyl (C=O) groups excluding carboxylic acids is 1. The van der Waals surface area contributed by atoms with Crippen LogP contribution in [-0.2, 0) is 11.3 Å². The van der Waals surface area contributed by atoms with Crippen LogP contribution in [0.4, 0.5) is 10.1 Å². The first-order chi connectivity index (χ1) is 15.6. The summed E-state index contributed by atoms with van der Waals surface area (Å²) in [6.07, 6.45) is 0. The number of fused-ring (bicyclic) bond motifs is 1. The van der Waals surface area contributed by atoms with E-state index in [-0.39, 0.29) is 30.6 Å². The maximum atomic E-state index is 13.1. The predicted molar refractivity (Wildman–Crippen MR) is 115 cm³/mol. The van der Waals surface area contributed by atoms with Crippen molar-refractivity contribution in [2.45, 2.75) is 6.54 Å². The van der Waals surface area contributed by atoms with E-state index < -0.39 is 0 Å². The number of amides is 1. The molecule has 1 fully saturated rings. The Kier molecular flexibility index (Phi) is 5.22. The molecule has 0 saturated carbocycles. The first kappa shape index (κ1) is 20.0. The van der Waals surface area contributed by atoms with Crippen LogP contribution in [0.15, 0.2) is 59.4 Å². The number of benzene rings is 2. The van der Waals surface area contributed by atoms with Gasteiger partial charge in [-0.05, 0) is 48.5 Å². The number of anilines is 1. The van der Waals surface area contributed by atoms with Crippen molar-refractivity contribution in [1.82, 2.24) is 14.7 Å². The van der Waals surface area contributed by atoms with Crippen LogP contribution in [0.25, 0.3) is 11.3 Å². The molecule has 0 spiro atoms. The molecule has 9 heteroatoms. The van der Waals surface area contributed by atoms with Gasteiger partial charge in [0.05, 0.1) is 5.69 Å². The monoisotopic (exact) mass is 436 g/mol. The third-order valence-electron chi connectivity index (χ3n) is 5.64. The van der Waals surface area contributed by atoms with Crippen LogP contribution in [0.1, 0.15) is 0 Å². The number of aromatic nitrogens is 2. The molecule has 2 aromatic carbocycles. The summed E-state index contributed by atoms with van der Waals surface area (Å²) in [5.41, 5.74) is 1.92. The van der Waals surface area contributed by atoms with E-state index in [9.17, 15) is 14.0 Å². The summed E-state index contributed by atoms with van der Waals surface area (Å²) in [4.78, 5) is 29.0. The Balaban J connectivity index is 1.26. The third kappa shape index (κ3) is 4.01. The van der Waals surface area contributed by atoms with Crippen LogP contribution in [0.5, 0.6) is 11.5 Å². The van der Waals surface area contributed by atoms with Gasteiger partial charge in [-0.1, -0.05) is 0 Å². The second kappa shape index (κ2) is 8.33. The number of hydrogen-bond donors (Lipinski definition) is 0. The highest BCUT2D eigenvalue weighted by molar-refractivity contribution is 5.76. The highest BCUT2D eigenvalue weighted by Crippen LogP contribution is 2.35. The van der Waals surface area contributed by atoms with Gasteiger partial charge in [-0.3, -0.25) is 9.59 Å². The summed E-state index contributed by atoms with van der Waals surface area (Å²) in [5, 5.41) is 4.39. The molecule has 0 radical (unpaired) electrons. The first-order valence-corrected chi connectivity index (χ1v) is 10.3. The number of carbonyl (C=O) groups is 1. The molecule has 8 nitrogen and oxygen atoms in total. The first-order valence-electron chi connectivity index (χ1n) is 10.3. The van der Waals surface area contributed by atoms with Gasteiger partial charge in [-0.2, -0.15) is 5.10 Å². The highest BCUT2D eigenvalue weighted by Gasteiger charge is 2.22. The van der Waals surface area contributed by atoms with Crippen LogP contribution in [-0.4, -0.2) is 53.6 Å². The summed E-state index contributed by atoms with van der Waals surface area (Å²) in [5.74, 6) is 0.846. The Hall–Kier alpha value is -3.88. The van der Waals surface area contributed by atoms with E-state index in [1.54, 1.807) is 35.2 Å². The van der Waals surface area contributed by atoms with Crippen LogP contribution in [0, 0.1) is 5.82 Å². The van der Waals surface area contributed by atoms with E-state index in [4.69, 9.17) is 9.47 Å². The van der Waals surface area contributed by atoms with Gasteiger partial charge < -0.3 is 19.3 Å². The zero-order valence-corrected chi connectivity index (χ0v) is 17.2. The van der Waals surface area contributed by atoms with E-state index >= 15 is 0 Å². The normalized spacial score (nSPS) is 15.2. The fraction of sp³-hybridized carbons (Fsp3) is 0.261. The molecule has 3 aromatic rings. The molecule has 1 aromatic heterocycles. The minimum atomic E-state index is -0.340. The molecule has 1 amide bonds.